The lowest BCUT2D eigenvalue weighted by Gasteiger charge is -2.04. The minimum Gasteiger partial charge on any atom is -0.399 e. The van der Waals surface area contributed by atoms with Crippen LogP contribution in [0, 0.1) is 0 Å². The average Bonchev–Trinajstić information content (AvgIpc) is 2.20. The second kappa shape index (κ2) is 3.86. The Bertz CT molecular complexity index is 617. The molecular weight excluding hydrogens is 230 g/mol. The fourth-order valence-corrected chi connectivity index (χ4v) is 1.58. The fraction of sp³-hybridized carbons (Fsp3) is 0. The quantitative estimate of drug-likeness (QED) is 0.645. The van der Waals surface area contributed by atoms with E-state index in [9.17, 15) is 9.59 Å². The van der Waals surface area contributed by atoms with Crippen molar-refractivity contribution in [1.82, 2.24) is 9.97 Å². The topological polar surface area (TPSA) is 91.7 Å². The fourth-order valence-electron chi connectivity index (χ4n) is 1.36. The first-order chi connectivity index (χ1) is 7.56. The lowest BCUT2D eigenvalue weighted by Crippen LogP contribution is -2.21. The van der Waals surface area contributed by atoms with Gasteiger partial charge in [-0.3, -0.25) is 9.78 Å². The van der Waals surface area contributed by atoms with Crippen LogP contribution in [0.2, 0.25) is 5.02 Å². The summed E-state index contributed by atoms with van der Waals surface area (Å²) in [7, 11) is 0. The Morgan fingerprint density at radius 2 is 1.88 bits per heavy atom. The largest absolute Gasteiger partial charge is 0.399 e. The van der Waals surface area contributed by atoms with E-state index in [0.717, 1.165) is 0 Å². The van der Waals surface area contributed by atoms with E-state index < -0.39 is 11.2 Å². The number of H-pyrrole nitrogens is 2. The standard InChI is InChI=1S/C10H8ClN3O2/c11-7-2-1-5(12)3-6(7)8-4-9(15)14-10(16)13-8/h1-4H,12H2,(H2,13,14,15,16). The van der Waals surface area contributed by atoms with Crippen LogP contribution in [0.1, 0.15) is 0 Å². The maximum atomic E-state index is 11.1. The van der Waals surface area contributed by atoms with Crippen molar-refractivity contribution in [3.63, 3.8) is 0 Å². The summed E-state index contributed by atoms with van der Waals surface area (Å²) in [6.45, 7) is 0. The molecule has 6 heteroatoms. The van der Waals surface area contributed by atoms with Crippen molar-refractivity contribution in [2.45, 2.75) is 0 Å². The van der Waals surface area contributed by atoms with Gasteiger partial charge in [0.15, 0.2) is 0 Å². The Kier molecular flexibility index (Phi) is 2.54. The van der Waals surface area contributed by atoms with Gasteiger partial charge in [-0.15, -0.1) is 0 Å². The van der Waals surface area contributed by atoms with Crippen LogP contribution < -0.4 is 17.0 Å². The lowest BCUT2D eigenvalue weighted by atomic mass is 10.1. The Hall–Kier alpha value is -2.01. The molecule has 1 aromatic heterocycles. The van der Waals surface area contributed by atoms with E-state index in [1.807, 2.05) is 0 Å². The first-order valence-electron chi connectivity index (χ1n) is 4.45. The minimum absolute atomic E-state index is 0.339. The summed E-state index contributed by atoms with van der Waals surface area (Å²) in [4.78, 5) is 26.8. The van der Waals surface area contributed by atoms with Crippen molar-refractivity contribution in [3.8, 4) is 11.3 Å². The molecule has 4 N–H and O–H groups in total. The van der Waals surface area contributed by atoms with Crippen LogP contribution >= 0.6 is 11.6 Å². The van der Waals surface area contributed by atoms with E-state index in [1.54, 1.807) is 18.2 Å². The predicted molar refractivity (Wildman–Crippen MR) is 62.5 cm³/mol. The highest BCUT2D eigenvalue weighted by Gasteiger charge is 2.05. The summed E-state index contributed by atoms with van der Waals surface area (Å²) in [5, 5.41) is 0.412. The van der Waals surface area contributed by atoms with E-state index in [4.69, 9.17) is 17.3 Å². The van der Waals surface area contributed by atoms with Crippen LogP contribution in [0.5, 0.6) is 0 Å². The number of benzene rings is 1. The molecule has 0 aliphatic carbocycles. The molecular formula is C10H8ClN3O2. The number of nitrogens with one attached hydrogen (secondary N) is 2. The summed E-state index contributed by atoms with van der Waals surface area (Å²) in [6, 6.07) is 6.08. The highest BCUT2D eigenvalue weighted by atomic mass is 35.5. The Labute approximate surface area is 94.9 Å². The SMILES string of the molecule is Nc1ccc(Cl)c(-c2cc(=O)[nH]c(=O)[nH]2)c1. The van der Waals surface area contributed by atoms with Gasteiger partial charge in [0.1, 0.15) is 0 Å². The molecule has 2 aromatic rings. The third kappa shape index (κ3) is 1.99. The molecule has 1 heterocycles. The zero-order chi connectivity index (χ0) is 11.7. The normalized spacial score (nSPS) is 10.3. The smallest absolute Gasteiger partial charge is 0.326 e. The van der Waals surface area contributed by atoms with Crippen molar-refractivity contribution in [3.05, 3.63) is 50.1 Å². The molecule has 0 fully saturated rings. The van der Waals surface area contributed by atoms with E-state index >= 15 is 0 Å². The van der Waals surface area contributed by atoms with Gasteiger partial charge in [-0.25, -0.2) is 4.79 Å². The van der Waals surface area contributed by atoms with Crippen LogP contribution in [-0.2, 0) is 0 Å². The number of anilines is 1. The van der Waals surface area contributed by atoms with E-state index in [1.165, 1.54) is 6.07 Å². The highest BCUT2D eigenvalue weighted by Crippen LogP contribution is 2.26. The number of aromatic nitrogens is 2. The third-order valence-electron chi connectivity index (χ3n) is 2.04. The molecule has 0 saturated heterocycles. The van der Waals surface area contributed by atoms with Crippen molar-refractivity contribution in [2.24, 2.45) is 0 Å². The van der Waals surface area contributed by atoms with Gasteiger partial charge in [-0.1, -0.05) is 11.6 Å². The van der Waals surface area contributed by atoms with Crippen LogP contribution in [-0.4, -0.2) is 9.97 Å². The minimum atomic E-state index is -0.582. The first-order valence-corrected chi connectivity index (χ1v) is 4.83. The number of hydrogen-bond acceptors (Lipinski definition) is 3. The molecule has 82 valence electrons. The summed E-state index contributed by atoms with van der Waals surface area (Å²) in [5.41, 5.74) is 5.89. The van der Waals surface area contributed by atoms with Crippen LogP contribution in [0.3, 0.4) is 0 Å². The number of nitrogens with two attached hydrogens (primary N) is 1. The van der Waals surface area contributed by atoms with E-state index in [2.05, 4.69) is 9.97 Å². The second-order valence-corrected chi connectivity index (χ2v) is 3.65. The summed E-state index contributed by atoms with van der Waals surface area (Å²) in [6.07, 6.45) is 0. The molecule has 0 bridgehead atoms. The van der Waals surface area contributed by atoms with Gasteiger partial charge < -0.3 is 10.7 Å². The summed E-state index contributed by atoms with van der Waals surface area (Å²) in [5.74, 6) is 0. The molecule has 5 nitrogen and oxygen atoms in total. The Morgan fingerprint density at radius 1 is 1.12 bits per heavy atom. The van der Waals surface area contributed by atoms with E-state index in [0.29, 0.717) is 22.0 Å². The summed E-state index contributed by atoms with van der Waals surface area (Å²) < 4.78 is 0. The Balaban J connectivity index is 2.71. The lowest BCUT2D eigenvalue weighted by molar-refractivity contribution is 1.04. The van der Waals surface area contributed by atoms with Gasteiger partial charge in [-0.05, 0) is 18.2 Å². The molecule has 0 aliphatic heterocycles. The molecule has 0 unspecified atom stereocenters. The zero-order valence-electron chi connectivity index (χ0n) is 8.08. The van der Waals surface area contributed by atoms with Gasteiger partial charge in [-0.2, -0.15) is 0 Å². The molecule has 0 radical (unpaired) electrons. The molecule has 0 saturated carbocycles. The number of halogens is 1. The average molecular weight is 238 g/mol. The van der Waals surface area contributed by atoms with Gasteiger partial charge in [0.2, 0.25) is 0 Å². The molecule has 2 rings (SSSR count). The maximum absolute atomic E-state index is 11.1. The molecule has 16 heavy (non-hydrogen) atoms. The number of rotatable bonds is 1. The molecule has 1 aromatic carbocycles. The molecule has 0 aliphatic rings. The maximum Gasteiger partial charge on any atom is 0.326 e. The van der Waals surface area contributed by atoms with Crippen LogP contribution in [0.4, 0.5) is 5.69 Å². The number of aromatic amines is 2. The van der Waals surface area contributed by atoms with Crippen molar-refractivity contribution < 1.29 is 0 Å². The monoisotopic (exact) mass is 237 g/mol. The van der Waals surface area contributed by atoms with Gasteiger partial charge in [0.05, 0.1) is 10.7 Å². The highest BCUT2D eigenvalue weighted by molar-refractivity contribution is 6.33. The number of hydrogen-bond donors (Lipinski definition) is 3. The second-order valence-electron chi connectivity index (χ2n) is 3.24. The molecule has 0 spiro atoms. The molecule has 0 atom stereocenters. The van der Waals surface area contributed by atoms with Crippen LogP contribution in [0.25, 0.3) is 11.3 Å². The van der Waals surface area contributed by atoms with Crippen molar-refractivity contribution in [1.29, 1.82) is 0 Å². The van der Waals surface area contributed by atoms with Crippen molar-refractivity contribution >= 4 is 17.3 Å². The van der Waals surface area contributed by atoms with Gasteiger partial charge >= 0.3 is 5.69 Å². The number of nitrogen functional groups attached to an aromatic ring is 1. The predicted octanol–water partition coefficient (Wildman–Crippen LogP) is 0.966. The van der Waals surface area contributed by atoms with Crippen molar-refractivity contribution in [2.75, 3.05) is 5.73 Å². The Morgan fingerprint density at radius 3 is 2.56 bits per heavy atom. The summed E-state index contributed by atoms with van der Waals surface area (Å²) >= 11 is 5.95. The van der Waals surface area contributed by atoms with Gasteiger partial charge in [0, 0.05) is 17.3 Å². The zero-order valence-corrected chi connectivity index (χ0v) is 8.84. The third-order valence-corrected chi connectivity index (χ3v) is 2.37. The first kappa shape index (κ1) is 10.5. The van der Waals surface area contributed by atoms with Crippen LogP contribution in [0.15, 0.2) is 33.9 Å². The molecule has 0 amide bonds. The van der Waals surface area contributed by atoms with Gasteiger partial charge in [0.25, 0.3) is 5.56 Å². The van der Waals surface area contributed by atoms with E-state index in [-0.39, 0.29) is 0 Å².